The van der Waals surface area contributed by atoms with Gasteiger partial charge in [0.25, 0.3) is 0 Å². The van der Waals surface area contributed by atoms with Crippen molar-refractivity contribution in [3.05, 3.63) is 11.8 Å². The molecule has 3 atom stereocenters. The molecule has 0 saturated heterocycles. The van der Waals surface area contributed by atoms with E-state index >= 15 is 0 Å². The molecule has 0 aromatic rings. The van der Waals surface area contributed by atoms with Crippen LogP contribution in [0.2, 0.25) is 0 Å². The van der Waals surface area contributed by atoms with E-state index in [1.165, 1.54) is 69.5 Å². The van der Waals surface area contributed by atoms with E-state index in [1.807, 2.05) is 0 Å². The highest BCUT2D eigenvalue weighted by Crippen LogP contribution is 2.39. The fraction of sp³-hybridized carbons (Fsp3) is 0.850. The van der Waals surface area contributed by atoms with Gasteiger partial charge in [-0.15, -0.1) is 0 Å². The molecule has 0 fully saturated rings. The molecule has 0 nitrogen and oxygen atoms in total. The number of unbranched alkanes of at least 4 members (excludes halogenated alkanes) is 2. The SMILES string of the molecule is CCCCC(CC)CC1(CC(CC)CCCCBr)C=C[SiH]=C1. The Morgan fingerprint density at radius 1 is 0.955 bits per heavy atom. The summed E-state index contributed by atoms with van der Waals surface area (Å²) in [4.78, 5) is 0. The van der Waals surface area contributed by atoms with Crippen LogP contribution in [0.4, 0.5) is 0 Å². The van der Waals surface area contributed by atoms with Crippen molar-refractivity contribution in [1.82, 2.24) is 0 Å². The summed E-state index contributed by atoms with van der Waals surface area (Å²) in [6, 6.07) is 0. The molecule has 1 heterocycles. The Morgan fingerprint density at radius 3 is 2.05 bits per heavy atom. The van der Waals surface area contributed by atoms with E-state index < -0.39 is 0 Å². The predicted molar refractivity (Wildman–Crippen MR) is 109 cm³/mol. The molecule has 2 heteroatoms. The molecule has 0 amide bonds. The number of rotatable bonds is 13. The third-order valence-corrected chi connectivity index (χ3v) is 7.25. The number of hydrogen-bond acceptors (Lipinski definition) is 0. The van der Waals surface area contributed by atoms with Gasteiger partial charge in [-0.1, -0.05) is 99.1 Å². The largest absolute Gasteiger partial charge is 0.0928 e. The van der Waals surface area contributed by atoms with E-state index in [9.17, 15) is 0 Å². The van der Waals surface area contributed by atoms with E-state index in [1.54, 1.807) is 0 Å². The highest BCUT2D eigenvalue weighted by atomic mass is 79.9. The van der Waals surface area contributed by atoms with Gasteiger partial charge in [0.15, 0.2) is 0 Å². The molecule has 0 aromatic heterocycles. The molecule has 0 N–H and O–H groups in total. The average molecular weight is 386 g/mol. The van der Waals surface area contributed by atoms with Crippen LogP contribution in [0.1, 0.15) is 85.0 Å². The summed E-state index contributed by atoms with van der Waals surface area (Å²) < 4.78 is 0. The van der Waals surface area contributed by atoms with Crippen LogP contribution in [0, 0.1) is 17.3 Å². The summed E-state index contributed by atoms with van der Waals surface area (Å²) in [6.07, 6.45) is 16.5. The van der Waals surface area contributed by atoms with Gasteiger partial charge in [-0.25, -0.2) is 0 Å². The molecular weight excluding hydrogens is 348 g/mol. The highest BCUT2D eigenvalue weighted by Gasteiger charge is 2.31. The quantitative estimate of drug-likeness (QED) is 0.197. The first-order chi connectivity index (χ1) is 10.7. The Balaban J connectivity index is 2.61. The van der Waals surface area contributed by atoms with Crippen molar-refractivity contribution >= 4 is 30.7 Å². The van der Waals surface area contributed by atoms with Gasteiger partial charge in [0, 0.05) is 19.9 Å². The Labute approximate surface area is 150 Å². The molecule has 0 aromatic carbocycles. The van der Waals surface area contributed by atoms with Gasteiger partial charge in [0.1, 0.15) is 0 Å². The summed E-state index contributed by atoms with van der Waals surface area (Å²) in [5.74, 6) is 1.85. The molecule has 22 heavy (non-hydrogen) atoms. The summed E-state index contributed by atoms with van der Waals surface area (Å²) in [7, 11) is 0.468. The maximum Gasteiger partial charge on any atom is 0.0161 e. The van der Waals surface area contributed by atoms with Crippen LogP contribution in [0.15, 0.2) is 11.8 Å². The first-order valence-corrected chi connectivity index (χ1v) is 12.1. The Bertz CT molecular complexity index is 323. The number of hydrogen-bond donors (Lipinski definition) is 0. The van der Waals surface area contributed by atoms with Crippen molar-refractivity contribution in [3.63, 3.8) is 0 Å². The Morgan fingerprint density at radius 2 is 1.59 bits per heavy atom. The van der Waals surface area contributed by atoms with E-state index in [4.69, 9.17) is 0 Å². The van der Waals surface area contributed by atoms with Crippen molar-refractivity contribution in [2.45, 2.75) is 85.0 Å². The van der Waals surface area contributed by atoms with Crippen molar-refractivity contribution < 1.29 is 0 Å². The second-order valence-electron chi connectivity index (χ2n) is 7.24. The summed E-state index contributed by atoms with van der Waals surface area (Å²) >= 11 is 3.57. The second-order valence-corrected chi connectivity index (χ2v) is 9.13. The first-order valence-electron chi connectivity index (χ1n) is 9.62. The Hall–Kier alpha value is 0.307. The molecule has 3 unspecified atom stereocenters. The van der Waals surface area contributed by atoms with Gasteiger partial charge < -0.3 is 0 Å². The summed E-state index contributed by atoms with van der Waals surface area (Å²) in [5, 5.41) is 1.17. The third-order valence-electron chi connectivity index (χ3n) is 5.42. The molecule has 1 aliphatic rings. The van der Waals surface area contributed by atoms with Crippen molar-refractivity contribution in [1.29, 1.82) is 0 Å². The highest BCUT2D eigenvalue weighted by molar-refractivity contribution is 9.09. The zero-order chi connectivity index (χ0) is 16.3. The van der Waals surface area contributed by atoms with Crippen LogP contribution in [0.25, 0.3) is 0 Å². The lowest BCUT2D eigenvalue weighted by Crippen LogP contribution is -2.26. The Kier molecular flexibility index (Phi) is 10.9. The molecule has 0 radical (unpaired) electrons. The van der Waals surface area contributed by atoms with Crippen LogP contribution in [-0.2, 0) is 0 Å². The van der Waals surface area contributed by atoms with Gasteiger partial charge in [-0.05, 0) is 31.1 Å². The lowest BCUT2D eigenvalue weighted by molar-refractivity contribution is 0.270. The van der Waals surface area contributed by atoms with Gasteiger partial charge in [0.2, 0.25) is 0 Å². The third kappa shape index (κ3) is 7.25. The number of halogens is 1. The second kappa shape index (κ2) is 11.8. The van der Waals surface area contributed by atoms with E-state index in [-0.39, 0.29) is 0 Å². The monoisotopic (exact) mass is 384 g/mol. The van der Waals surface area contributed by atoms with Crippen LogP contribution in [0.3, 0.4) is 0 Å². The summed E-state index contributed by atoms with van der Waals surface area (Å²) in [6.45, 7) is 7.12. The van der Waals surface area contributed by atoms with Crippen LogP contribution < -0.4 is 0 Å². The van der Waals surface area contributed by atoms with Gasteiger partial charge in [-0.3, -0.25) is 0 Å². The van der Waals surface area contributed by atoms with Gasteiger partial charge in [-0.2, -0.15) is 0 Å². The maximum absolute atomic E-state index is 3.57. The lowest BCUT2D eigenvalue weighted by atomic mass is 9.72. The average Bonchev–Trinajstić information content (AvgIpc) is 2.99. The normalized spacial score (nSPS) is 23.1. The summed E-state index contributed by atoms with van der Waals surface area (Å²) in [5.41, 5.74) is 5.67. The molecule has 0 saturated carbocycles. The smallest absolute Gasteiger partial charge is 0.0161 e. The number of allylic oxidation sites excluding steroid dienone is 1. The maximum atomic E-state index is 3.57. The van der Waals surface area contributed by atoms with Crippen LogP contribution in [-0.4, -0.2) is 20.1 Å². The molecule has 128 valence electrons. The lowest BCUT2D eigenvalue weighted by Gasteiger charge is -2.34. The van der Waals surface area contributed by atoms with Crippen molar-refractivity contribution in [3.8, 4) is 0 Å². The van der Waals surface area contributed by atoms with E-state index in [0.717, 1.165) is 11.8 Å². The zero-order valence-electron chi connectivity index (χ0n) is 15.1. The van der Waals surface area contributed by atoms with Crippen LogP contribution in [0.5, 0.6) is 0 Å². The molecule has 1 rings (SSSR count). The molecular formula is C20H37BrSi. The topological polar surface area (TPSA) is 0 Å². The minimum Gasteiger partial charge on any atom is -0.0928 e. The molecule has 0 bridgehead atoms. The molecule has 1 aliphatic heterocycles. The fourth-order valence-corrected chi connectivity index (χ4v) is 5.67. The van der Waals surface area contributed by atoms with E-state index in [0.29, 0.717) is 14.5 Å². The van der Waals surface area contributed by atoms with Gasteiger partial charge in [0.05, 0.1) is 0 Å². The van der Waals surface area contributed by atoms with Crippen LogP contribution >= 0.6 is 15.9 Å². The minimum absolute atomic E-state index is 0.457. The minimum atomic E-state index is 0.457. The molecule has 0 aliphatic carbocycles. The predicted octanol–water partition coefficient (Wildman–Crippen LogP) is 6.33. The number of alkyl halides is 1. The van der Waals surface area contributed by atoms with Gasteiger partial charge >= 0.3 is 0 Å². The first kappa shape index (κ1) is 20.4. The van der Waals surface area contributed by atoms with Crippen molar-refractivity contribution in [2.75, 3.05) is 5.33 Å². The van der Waals surface area contributed by atoms with E-state index in [2.05, 4.69) is 54.1 Å². The standard InChI is InChI=1S/C20H37BrSi/c1-4-7-10-18(5-2)15-20(12-14-22-17-20)16-19(6-3)11-8-9-13-21/h12,14,17-19,22H,4-11,13,15-16H2,1-3H3. The molecule has 0 spiro atoms. The van der Waals surface area contributed by atoms with Crippen molar-refractivity contribution in [2.24, 2.45) is 17.3 Å². The zero-order valence-corrected chi connectivity index (χ0v) is 17.9. The fourth-order valence-electron chi connectivity index (χ4n) is 3.90.